The zero-order valence-corrected chi connectivity index (χ0v) is 13.1. The van der Waals surface area contributed by atoms with E-state index in [-0.39, 0.29) is 4.90 Å². The minimum atomic E-state index is -3.71. The highest BCUT2D eigenvalue weighted by atomic mass is 32.2. The molecule has 1 heterocycles. The van der Waals surface area contributed by atoms with Crippen LogP contribution in [0, 0.1) is 0 Å². The summed E-state index contributed by atoms with van der Waals surface area (Å²) in [5, 5.41) is 2.13. The van der Waals surface area contributed by atoms with Crippen LogP contribution in [0.15, 0.2) is 34.5 Å². The van der Waals surface area contributed by atoms with Gasteiger partial charge in [-0.3, -0.25) is 4.72 Å². The first-order valence-electron chi connectivity index (χ1n) is 6.12. The predicted molar refractivity (Wildman–Crippen MR) is 80.1 cm³/mol. The molecule has 0 aliphatic carbocycles. The predicted octanol–water partition coefficient (Wildman–Crippen LogP) is 2.29. The summed E-state index contributed by atoms with van der Waals surface area (Å²) in [6.07, 6.45) is 0.742. The van der Waals surface area contributed by atoms with Gasteiger partial charge >= 0.3 is 5.97 Å². The highest BCUT2D eigenvalue weighted by Gasteiger charge is 2.17. The van der Waals surface area contributed by atoms with Gasteiger partial charge in [0, 0.05) is 5.38 Å². The van der Waals surface area contributed by atoms with Crippen LogP contribution in [0.3, 0.4) is 0 Å². The fourth-order valence-corrected chi connectivity index (χ4v) is 3.62. The maximum atomic E-state index is 12.2. The summed E-state index contributed by atoms with van der Waals surface area (Å²) in [5.41, 5.74) is 1.12. The lowest BCUT2D eigenvalue weighted by Gasteiger charge is -2.06. The maximum absolute atomic E-state index is 12.2. The number of methoxy groups -OCH3 is 1. The SMILES string of the molecule is CCc1csc(NS(=O)(=O)c2ccc(C(=O)OC)cc2)n1. The molecule has 0 radical (unpaired) electrons. The van der Waals surface area contributed by atoms with Gasteiger partial charge < -0.3 is 4.74 Å². The van der Waals surface area contributed by atoms with Gasteiger partial charge in [-0.1, -0.05) is 6.92 Å². The number of esters is 1. The Labute approximate surface area is 126 Å². The van der Waals surface area contributed by atoms with Gasteiger partial charge in [0.05, 0.1) is 23.3 Å². The van der Waals surface area contributed by atoms with Crippen LogP contribution in [0.2, 0.25) is 0 Å². The third-order valence-electron chi connectivity index (χ3n) is 2.72. The van der Waals surface area contributed by atoms with E-state index in [1.54, 1.807) is 5.38 Å². The molecule has 0 fully saturated rings. The van der Waals surface area contributed by atoms with Crippen LogP contribution in [0.1, 0.15) is 23.0 Å². The molecule has 0 amide bonds. The number of hydrogen-bond donors (Lipinski definition) is 1. The molecular formula is C13H14N2O4S2. The zero-order valence-electron chi connectivity index (χ0n) is 11.5. The lowest BCUT2D eigenvalue weighted by atomic mass is 10.2. The van der Waals surface area contributed by atoms with Crippen molar-refractivity contribution in [1.29, 1.82) is 0 Å². The van der Waals surface area contributed by atoms with Gasteiger partial charge in [-0.2, -0.15) is 0 Å². The normalized spacial score (nSPS) is 11.1. The first-order valence-corrected chi connectivity index (χ1v) is 8.48. The number of anilines is 1. The number of ether oxygens (including phenoxy) is 1. The number of carbonyl (C=O) groups excluding carboxylic acids is 1. The number of nitrogens with one attached hydrogen (secondary N) is 1. The Kier molecular flexibility index (Phi) is 4.59. The Morgan fingerprint density at radius 2 is 2.00 bits per heavy atom. The number of benzene rings is 1. The van der Waals surface area contributed by atoms with E-state index < -0.39 is 16.0 Å². The van der Waals surface area contributed by atoms with E-state index in [9.17, 15) is 13.2 Å². The minimum absolute atomic E-state index is 0.0587. The summed E-state index contributed by atoms with van der Waals surface area (Å²) in [6.45, 7) is 1.94. The van der Waals surface area contributed by atoms with Crippen molar-refractivity contribution in [3.63, 3.8) is 0 Å². The van der Waals surface area contributed by atoms with E-state index >= 15 is 0 Å². The molecule has 6 nitrogen and oxygen atoms in total. The molecule has 2 rings (SSSR count). The van der Waals surface area contributed by atoms with Crippen molar-refractivity contribution >= 4 is 32.5 Å². The van der Waals surface area contributed by atoms with E-state index in [0.29, 0.717) is 10.7 Å². The van der Waals surface area contributed by atoms with Crippen LogP contribution < -0.4 is 4.72 Å². The Morgan fingerprint density at radius 1 is 1.33 bits per heavy atom. The third kappa shape index (κ3) is 3.59. The highest BCUT2D eigenvalue weighted by molar-refractivity contribution is 7.93. The number of rotatable bonds is 5. The molecule has 1 aromatic heterocycles. The molecule has 0 atom stereocenters. The van der Waals surface area contributed by atoms with Crippen LogP contribution in [0.25, 0.3) is 0 Å². The van der Waals surface area contributed by atoms with Crippen LogP contribution in [0.5, 0.6) is 0 Å². The lowest BCUT2D eigenvalue weighted by Crippen LogP contribution is -2.13. The molecule has 0 saturated heterocycles. The molecular weight excluding hydrogens is 312 g/mol. The lowest BCUT2D eigenvalue weighted by molar-refractivity contribution is 0.0600. The monoisotopic (exact) mass is 326 g/mol. The fraction of sp³-hybridized carbons (Fsp3) is 0.231. The molecule has 0 aliphatic rings. The van der Waals surface area contributed by atoms with Crippen molar-refractivity contribution in [2.75, 3.05) is 11.8 Å². The van der Waals surface area contributed by atoms with Gasteiger partial charge in [-0.15, -0.1) is 11.3 Å². The van der Waals surface area contributed by atoms with Crippen molar-refractivity contribution in [2.45, 2.75) is 18.2 Å². The van der Waals surface area contributed by atoms with Gasteiger partial charge in [0.25, 0.3) is 10.0 Å². The quantitative estimate of drug-likeness (QED) is 0.852. The number of aryl methyl sites for hydroxylation is 1. The summed E-state index contributed by atoms with van der Waals surface area (Å²) in [5.74, 6) is -0.514. The van der Waals surface area contributed by atoms with Gasteiger partial charge in [0.2, 0.25) is 0 Å². The van der Waals surface area contributed by atoms with E-state index in [2.05, 4.69) is 14.4 Å². The smallest absolute Gasteiger partial charge is 0.337 e. The second-order valence-electron chi connectivity index (χ2n) is 4.12. The molecule has 0 aliphatic heterocycles. The number of nitrogens with zero attached hydrogens (tertiary/aromatic N) is 1. The van der Waals surface area contributed by atoms with Gasteiger partial charge in [-0.25, -0.2) is 18.2 Å². The number of thiazole rings is 1. The Balaban J connectivity index is 2.21. The van der Waals surface area contributed by atoms with Crippen molar-refractivity contribution in [3.05, 3.63) is 40.9 Å². The van der Waals surface area contributed by atoms with E-state index in [1.165, 1.54) is 42.7 Å². The largest absolute Gasteiger partial charge is 0.465 e. The van der Waals surface area contributed by atoms with E-state index in [1.807, 2.05) is 6.92 Å². The Hall–Kier alpha value is -1.93. The first-order chi connectivity index (χ1) is 9.96. The third-order valence-corrected chi connectivity index (χ3v) is 5.01. The Morgan fingerprint density at radius 3 is 2.52 bits per heavy atom. The second-order valence-corrected chi connectivity index (χ2v) is 6.66. The van der Waals surface area contributed by atoms with Crippen molar-refractivity contribution < 1.29 is 17.9 Å². The zero-order chi connectivity index (χ0) is 15.5. The molecule has 2 aromatic rings. The van der Waals surface area contributed by atoms with Crippen LogP contribution >= 0.6 is 11.3 Å². The summed E-state index contributed by atoms with van der Waals surface area (Å²) >= 11 is 1.23. The van der Waals surface area contributed by atoms with Gasteiger partial charge in [-0.05, 0) is 30.7 Å². The summed E-state index contributed by atoms with van der Waals surface area (Å²) in [4.78, 5) is 15.5. The molecule has 0 bridgehead atoms. The van der Waals surface area contributed by atoms with Crippen LogP contribution in [-0.2, 0) is 21.2 Å². The molecule has 1 N–H and O–H groups in total. The minimum Gasteiger partial charge on any atom is -0.465 e. The average Bonchev–Trinajstić information content (AvgIpc) is 2.93. The molecule has 1 aromatic carbocycles. The molecule has 0 unspecified atom stereocenters. The van der Waals surface area contributed by atoms with E-state index in [4.69, 9.17) is 0 Å². The van der Waals surface area contributed by atoms with Crippen molar-refractivity contribution in [3.8, 4) is 0 Å². The molecule has 112 valence electrons. The molecule has 8 heteroatoms. The number of aromatic nitrogens is 1. The number of carbonyl (C=O) groups is 1. The van der Waals surface area contributed by atoms with Gasteiger partial charge in [0.15, 0.2) is 5.13 Å². The summed E-state index contributed by atoms with van der Waals surface area (Å²) in [6, 6.07) is 5.51. The maximum Gasteiger partial charge on any atom is 0.337 e. The summed E-state index contributed by atoms with van der Waals surface area (Å²) in [7, 11) is -2.45. The van der Waals surface area contributed by atoms with Crippen molar-refractivity contribution in [2.24, 2.45) is 0 Å². The molecule has 0 saturated carbocycles. The van der Waals surface area contributed by atoms with E-state index in [0.717, 1.165) is 12.1 Å². The topological polar surface area (TPSA) is 85.4 Å². The Bertz CT molecular complexity index is 736. The molecule has 21 heavy (non-hydrogen) atoms. The number of hydrogen-bond acceptors (Lipinski definition) is 6. The average molecular weight is 326 g/mol. The first kappa shape index (κ1) is 15.5. The van der Waals surface area contributed by atoms with Crippen LogP contribution in [-0.4, -0.2) is 26.5 Å². The second kappa shape index (κ2) is 6.23. The van der Waals surface area contributed by atoms with Gasteiger partial charge in [0.1, 0.15) is 0 Å². The fourth-order valence-electron chi connectivity index (χ4n) is 1.58. The van der Waals surface area contributed by atoms with Crippen LogP contribution in [0.4, 0.5) is 5.13 Å². The standard InChI is InChI=1S/C13H14N2O4S2/c1-3-10-8-20-13(14-10)15-21(17,18)11-6-4-9(5-7-11)12(16)19-2/h4-8H,3H2,1-2H3,(H,14,15). The van der Waals surface area contributed by atoms with Crippen molar-refractivity contribution in [1.82, 2.24) is 4.98 Å². The highest BCUT2D eigenvalue weighted by Crippen LogP contribution is 2.20. The molecule has 0 spiro atoms. The summed E-state index contributed by atoms with van der Waals surface area (Å²) < 4.78 is 31.4. The number of sulfonamides is 1.